The lowest BCUT2D eigenvalue weighted by Crippen LogP contribution is -2.33. The molecular weight excluding hydrogens is 286 g/mol. The number of carbonyl (C=O) groups is 1. The first-order valence-corrected chi connectivity index (χ1v) is 5.40. The summed E-state index contributed by atoms with van der Waals surface area (Å²) in [6.45, 7) is -0.0948. The van der Waals surface area contributed by atoms with E-state index in [1.165, 1.54) is 0 Å². The molecule has 1 aromatic rings. The predicted octanol–water partition coefficient (Wildman–Crippen LogP) is 1.52. The fourth-order valence-electron chi connectivity index (χ4n) is 1.21. The van der Waals surface area contributed by atoms with Crippen LogP contribution in [0.4, 0.5) is 0 Å². The third-order valence-electron chi connectivity index (χ3n) is 2.01. The van der Waals surface area contributed by atoms with E-state index in [0.717, 1.165) is 0 Å². The molecule has 0 heterocycles. The molecule has 1 aromatic carbocycles. The van der Waals surface area contributed by atoms with Gasteiger partial charge in [-0.15, -0.1) is 12.4 Å². The molecular formula is C10H13Cl3N2O2. The number of rotatable bonds is 4. The molecule has 1 amide bonds. The van der Waals surface area contributed by atoms with Gasteiger partial charge in [0, 0.05) is 22.2 Å². The molecule has 0 aliphatic carbocycles. The molecule has 1 unspecified atom stereocenters. The number of nitrogens with two attached hydrogens (primary N) is 1. The summed E-state index contributed by atoms with van der Waals surface area (Å²) in [5, 5.41) is 13.0. The second-order valence-electron chi connectivity index (χ2n) is 3.16. The van der Waals surface area contributed by atoms with E-state index in [-0.39, 0.29) is 31.4 Å². The van der Waals surface area contributed by atoms with Gasteiger partial charge in [0.15, 0.2) is 0 Å². The van der Waals surface area contributed by atoms with Gasteiger partial charge in [0.25, 0.3) is 0 Å². The van der Waals surface area contributed by atoms with Gasteiger partial charge in [-0.05, 0) is 12.1 Å². The average Bonchev–Trinajstić information content (AvgIpc) is 2.25. The molecule has 0 saturated carbocycles. The lowest BCUT2D eigenvalue weighted by Gasteiger charge is -2.14. The molecule has 17 heavy (non-hydrogen) atoms. The van der Waals surface area contributed by atoms with Crippen LogP contribution in [0, 0.1) is 0 Å². The van der Waals surface area contributed by atoms with E-state index in [1.807, 2.05) is 0 Å². The zero-order valence-corrected chi connectivity index (χ0v) is 11.1. The highest BCUT2D eigenvalue weighted by Gasteiger charge is 2.15. The Morgan fingerprint density at radius 1 is 1.41 bits per heavy atom. The summed E-state index contributed by atoms with van der Waals surface area (Å²) in [6.07, 6.45) is -0.948. The minimum absolute atomic E-state index is 0. The second-order valence-corrected chi connectivity index (χ2v) is 3.97. The van der Waals surface area contributed by atoms with Crippen LogP contribution in [-0.4, -0.2) is 24.1 Å². The highest BCUT2D eigenvalue weighted by Crippen LogP contribution is 2.29. The summed E-state index contributed by atoms with van der Waals surface area (Å²) < 4.78 is 0. The van der Waals surface area contributed by atoms with Gasteiger partial charge >= 0.3 is 0 Å². The number of carbonyl (C=O) groups excluding carboxylic acids is 1. The van der Waals surface area contributed by atoms with Crippen LogP contribution < -0.4 is 11.1 Å². The van der Waals surface area contributed by atoms with Gasteiger partial charge in [-0.1, -0.05) is 29.3 Å². The van der Waals surface area contributed by atoms with Gasteiger partial charge in [-0.25, -0.2) is 0 Å². The second kappa shape index (κ2) is 7.74. The number of halogens is 3. The van der Waals surface area contributed by atoms with Crippen molar-refractivity contribution < 1.29 is 9.90 Å². The summed E-state index contributed by atoms with van der Waals surface area (Å²) >= 11 is 11.8. The van der Waals surface area contributed by atoms with Crippen LogP contribution in [0.2, 0.25) is 10.0 Å². The standard InChI is InChI=1S/C10H12Cl2N2O2.ClH/c11-6-2-1-3-7(12)10(6)8(15)5-14-9(16)4-13;/h1-3,8,15H,4-5,13H2,(H,14,16);1H. The summed E-state index contributed by atoms with van der Waals surface area (Å²) in [5.41, 5.74) is 5.52. The SMILES string of the molecule is Cl.NCC(=O)NCC(O)c1c(Cl)cccc1Cl. The number of aliphatic hydroxyl groups is 1. The molecule has 0 aromatic heterocycles. The number of amides is 1. The predicted molar refractivity (Wildman–Crippen MR) is 70.7 cm³/mol. The van der Waals surface area contributed by atoms with E-state index in [9.17, 15) is 9.90 Å². The number of hydrogen-bond acceptors (Lipinski definition) is 3. The van der Waals surface area contributed by atoms with Crippen LogP contribution in [0.3, 0.4) is 0 Å². The maximum atomic E-state index is 10.9. The van der Waals surface area contributed by atoms with Crippen molar-refractivity contribution in [2.45, 2.75) is 6.10 Å². The third-order valence-corrected chi connectivity index (χ3v) is 2.67. The monoisotopic (exact) mass is 298 g/mol. The number of benzene rings is 1. The lowest BCUT2D eigenvalue weighted by atomic mass is 10.1. The summed E-state index contributed by atoms with van der Waals surface area (Å²) in [6, 6.07) is 4.92. The van der Waals surface area contributed by atoms with Crippen LogP contribution in [0.5, 0.6) is 0 Å². The van der Waals surface area contributed by atoms with Crippen molar-refractivity contribution in [3.8, 4) is 0 Å². The van der Waals surface area contributed by atoms with Crippen molar-refractivity contribution in [3.63, 3.8) is 0 Å². The fraction of sp³-hybridized carbons (Fsp3) is 0.300. The fourth-order valence-corrected chi connectivity index (χ4v) is 1.86. The molecule has 0 fully saturated rings. The average molecular weight is 300 g/mol. The van der Waals surface area contributed by atoms with Crippen molar-refractivity contribution in [1.29, 1.82) is 0 Å². The first-order valence-electron chi connectivity index (χ1n) is 4.65. The van der Waals surface area contributed by atoms with Gasteiger partial charge in [0.2, 0.25) is 5.91 Å². The van der Waals surface area contributed by atoms with Crippen LogP contribution in [0.1, 0.15) is 11.7 Å². The van der Waals surface area contributed by atoms with E-state index in [2.05, 4.69) is 5.32 Å². The minimum atomic E-state index is -0.948. The molecule has 0 radical (unpaired) electrons. The minimum Gasteiger partial charge on any atom is -0.386 e. The number of hydrogen-bond donors (Lipinski definition) is 3. The van der Waals surface area contributed by atoms with E-state index >= 15 is 0 Å². The zero-order chi connectivity index (χ0) is 12.1. The highest BCUT2D eigenvalue weighted by atomic mass is 35.5. The first-order chi connectivity index (χ1) is 7.56. The van der Waals surface area contributed by atoms with Gasteiger partial charge in [-0.2, -0.15) is 0 Å². The Hall–Kier alpha value is -0.520. The van der Waals surface area contributed by atoms with Gasteiger partial charge in [0.05, 0.1) is 12.6 Å². The summed E-state index contributed by atoms with van der Waals surface area (Å²) in [7, 11) is 0. The Balaban J connectivity index is 0.00000256. The van der Waals surface area contributed by atoms with Gasteiger partial charge in [0.1, 0.15) is 0 Å². The van der Waals surface area contributed by atoms with E-state index < -0.39 is 6.10 Å². The molecule has 0 aliphatic rings. The molecule has 4 N–H and O–H groups in total. The molecule has 0 saturated heterocycles. The first kappa shape index (κ1) is 16.5. The Bertz CT molecular complexity index is 368. The van der Waals surface area contributed by atoms with Gasteiger partial charge < -0.3 is 16.2 Å². The van der Waals surface area contributed by atoms with Crippen molar-refractivity contribution in [2.24, 2.45) is 5.73 Å². The maximum absolute atomic E-state index is 10.9. The normalized spacial score (nSPS) is 11.5. The third kappa shape index (κ3) is 4.69. The lowest BCUT2D eigenvalue weighted by molar-refractivity contribution is -0.120. The van der Waals surface area contributed by atoms with Crippen molar-refractivity contribution >= 4 is 41.5 Å². The highest BCUT2D eigenvalue weighted by molar-refractivity contribution is 6.36. The quantitative estimate of drug-likeness (QED) is 0.789. The number of aliphatic hydroxyl groups excluding tert-OH is 1. The Morgan fingerprint density at radius 2 is 1.94 bits per heavy atom. The number of nitrogens with one attached hydrogen (secondary N) is 1. The van der Waals surface area contributed by atoms with Crippen molar-refractivity contribution in [3.05, 3.63) is 33.8 Å². The van der Waals surface area contributed by atoms with Crippen LogP contribution >= 0.6 is 35.6 Å². The Morgan fingerprint density at radius 3 is 2.41 bits per heavy atom. The summed E-state index contributed by atoms with van der Waals surface area (Å²) in [5.74, 6) is -0.345. The van der Waals surface area contributed by atoms with Crippen LogP contribution in [-0.2, 0) is 4.79 Å². The Kier molecular flexibility index (Phi) is 7.50. The maximum Gasteiger partial charge on any atom is 0.233 e. The van der Waals surface area contributed by atoms with Crippen LogP contribution in [0.25, 0.3) is 0 Å². The molecule has 1 rings (SSSR count). The van der Waals surface area contributed by atoms with E-state index in [4.69, 9.17) is 28.9 Å². The molecule has 0 spiro atoms. The molecule has 1 atom stereocenters. The molecule has 0 bridgehead atoms. The molecule has 0 aliphatic heterocycles. The molecule has 7 heteroatoms. The summed E-state index contributed by atoms with van der Waals surface area (Å²) in [4.78, 5) is 10.9. The molecule has 96 valence electrons. The zero-order valence-electron chi connectivity index (χ0n) is 8.82. The molecule has 4 nitrogen and oxygen atoms in total. The van der Waals surface area contributed by atoms with E-state index in [1.54, 1.807) is 18.2 Å². The van der Waals surface area contributed by atoms with Crippen molar-refractivity contribution in [2.75, 3.05) is 13.1 Å². The van der Waals surface area contributed by atoms with E-state index in [0.29, 0.717) is 15.6 Å². The van der Waals surface area contributed by atoms with Gasteiger partial charge in [-0.3, -0.25) is 4.79 Å². The Labute approximate surface area is 115 Å². The van der Waals surface area contributed by atoms with Crippen LogP contribution in [0.15, 0.2) is 18.2 Å². The smallest absolute Gasteiger partial charge is 0.233 e. The topological polar surface area (TPSA) is 75.4 Å². The largest absolute Gasteiger partial charge is 0.386 e. The van der Waals surface area contributed by atoms with Crippen molar-refractivity contribution in [1.82, 2.24) is 5.32 Å².